The Bertz CT molecular complexity index is 1290. The van der Waals surface area contributed by atoms with Gasteiger partial charge in [0.2, 0.25) is 0 Å². The molecule has 0 radical (unpaired) electrons. The zero-order valence-electron chi connectivity index (χ0n) is 19.7. The van der Waals surface area contributed by atoms with Crippen molar-refractivity contribution < 1.29 is 28.6 Å². The first kappa shape index (κ1) is 22.8. The number of carbonyl (C=O) groups excluding carboxylic acids is 2. The highest BCUT2D eigenvalue weighted by Gasteiger charge is 2.46. The lowest BCUT2D eigenvalue weighted by Gasteiger charge is -2.25. The van der Waals surface area contributed by atoms with Gasteiger partial charge in [0.05, 0.1) is 31.0 Å². The Morgan fingerprint density at radius 3 is 2.77 bits per heavy atom. The van der Waals surface area contributed by atoms with Gasteiger partial charge in [-0.15, -0.1) is 0 Å². The van der Waals surface area contributed by atoms with Gasteiger partial charge >= 0.3 is 0 Å². The van der Waals surface area contributed by atoms with E-state index in [1.54, 1.807) is 24.3 Å². The SMILES string of the molecule is CCCOc1cccc([C@H]2C(=C(O)c3ccc4c(c3)C[C@@H](C)O4)C(=O)C(=O)N2Cc2ccco2)c1. The Morgan fingerprint density at radius 2 is 2.00 bits per heavy atom. The highest BCUT2D eigenvalue weighted by molar-refractivity contribution is 6.46. The zero-order chi connectivity index (χ0) is 24.5. The molecule has 2 aliphatic rings. The fourth-order valence-corrected chi connectivity index (χ4v) is 4.68. The molecule has 2 aromatic carbocycles. The Hall–Kier alpha value is -4.00. The fourth-order valence-electron chi connectivity index (χ4n) is 4.68. The van der Waals surface area contributed by atoms with Crippen molar-refractivity contribution in [2.45, 2.75) is 45.4 Å². The largest absolute Gasteiger partial charge is 0.507 e. The first-order chi connectivity index (χ1) is 17.0. The summed E-state index contributed by atoms with van der Waals surface area (Å²) in [6.07, 6.45) is 3.13. The van der Waals surface area contributed by atoms with E-state index in [1.807, 2.05) is 44.2 Å². The molecule has 7 heteroatoms. The van der Waals surface area contributed by atoms with Crippen LogP contribution in [0.15, 0.2) is 70.9 Å². The molecule has 2 atom stereocenters. The first-order valence-electron chi connectivity index (χ1n) is 11.8. The van der Waals surface area contributed by atoms with Gasteiger partial charge in [-0.2, -0.15) is 0 Å². The maximum atomic E-state index is 13.3. The van der Waals surface area contributed by atoms with Gasteiger partial charge < -0.3 is 23.9 Å². The number of benzene rings is 2. The van der Waals surface area contributed by atoms with Gasteiger partial charge in [0.1, 0.15) is 29.1 Å². The second kappa shape index (κ2) is 9.33. The molecule has 3 heterocycles. The molecular weight excluding hydrogens is 446 g/mol. The topological polar surface area (TPSA) is 89.2 Å². The smallest absolute Gasteiger partial charge is 0.296 e. The summed E-state index contributed by atoms with van der Waals surface area (Å²) in [5, 5.41) is 11.4. The van der Waals surface area contributed by atoms with Crippen LogP contribution in [-0.2, 0) is 22.6 Å². The number of amides is 1. The number of nitrogens with zero attached hydrogens (tertiary/aromatic N) is 1. The van der Waals surface area contributed by atoms with Crippen molar-refractivity contribution in [3.63, 3.8) is 0 Å². The average Bonchev–Trinajstić information content (AvgIpc) is 3.56. The standard InChI is InChI=1S/C28H27NO6/c1-3-11-33-21-7-4-6-18(15-21)25-24(27(31)28(32)29(25)16-22-8-5-12-34-22)26(30)19-9-10-23-20(14-19)13-17(2)35-23/h4-10,12,14-15,17,25,30H,3,11,13,16H2,1-2H3/t17-,25+/m1/s1. The van der Waals surface area contributed by atoms with Crippen LogP contribution in [0.4, 0.5) is 0 Å². The summed E-state index contributed by atoms with van der Waals surface area (Å²) in [5.74, 6) is 0.313. The van der Waals surface area contributed by atoms with E-state index in [2.05, 4.69) is 0 Å². The second-order valence-corrected chi connectivity index (χ2v) is 8.88. The summed E-state index contributed by atoms with van der Waals surface area (Å²) in [6.45, 7) is 4.64. The van der Waals surface area contributed by atoms with E-state index in [0.29, 0.717) is 35.7 Å². The summed E-state index contributed by atoms with van der Waals surface area (Å²) < 4.78 is 17.0. The van der Waals surface area contributed by atoms with Crippen LogP contribution in [0.5, 0.6) is 11.5 Å². The van der Waals surface area contributed by atoms with Crippen LogP contribution >= 0.6 is 0 Å². The number of furan rings is 1. The minimum atomic E-state index is -0.797. The Labute approximate surface area is 203 Å². The number of likely N-dealkylation sites (tertiary alicyclic amines) is 1. The van der Waals surface area contributed by atoms with E-state index >= 15 is 0 Å². The molecular formula is C28H27NO6. The van der Waals surface area contributed by atoms with E-state index in [1.165, 1.54) is 11.2 Å². The lowest BCUT2D eigenvalue weighted by molar-refractivity contribution is -0.140. The monoisotopic (exact) mass is 473 g/mol. The maximum absolute atomic E-state index is 13.3. The van der Waals surface area contributed by atoms with Crippen molar-refractivity contribution in [3.05, 3.63) is 88.9 Å². The van der Waals surface area contributed by atoms with E-state index in [9.17, 15) is 14.7 Å². The predicted molar refractivity (Wildman–Crippen MR) is 129 cm³/mol. The highest BCUT2D eigenvalue weighted by atomic mass is 16.5. The molecule has 0 spiro atoms. The number of rotatable bonds is 7. The number of fused-ring (bicyclic) bond motifs is 1. The number of hydrogen-bond acceptors (Lipinski definition) is 6. The minimum Gasteiger partial charge on any atom is -0.507 e. The van der Waals surface area contributed by atoms with E-state index in [0.717, 1.165) is 17.7 Å². The number of aliphatic hydroxyl groups is 1. The van der Waals surface area contributed by atoms with Crippen molar-refractivity contribution in [3.8, 4) is 11.5 Å². The summed E-state index contributed by atoms with van der Waals surface area (Å²) in [6, 6.07) is 15.3. The number of aliphatic hydroxyl groups excluding tert-OH is 1. The third-order valence-corrected chi connectivity index (χ3v) is 6.26. The van der Waals surface area contributed by atoms with Gasteiger partial charge in [-0.3, -0.25) is 9.59 Å². The van der Waals surface area contributed by atoms with E-state index < -0.39 is 17.7 Å². The average molecular weight is 474 g/mol. The molecule has 7 nitrogen and oxygen atoms in total. The summed E-state index contributed by atoms with van der Waals surface area (Å²) >= 11 is 0. The minimum absolute atomic E-state index is 0.0427. The van der Waals surface area contributed by atoms with Crippen LogP contribution in [0.25, 0.3) is 5.76 Å². The number of hydrogen-bond donors (Lipinski definition) is 1. The van der Waals surface area contributed by atoms with E-state index in [-0.39, 0.29) is 24.0 Å². The quantitative estimate of drug-likeness (QED) is 0.295. The third kappa shape index (κ3) is 4.30. The Morgan fingerprint density at radius 1 is 1.14 bits per heavy atom. The van der Waals surface area contributed by atoms with Crippen molar-refractivity contribution in [2.75, 3.05) is 6.61 Å². The van der Waals surface area contributed by atoms with Crippen LogP contribution in [0, 0.1) is 0 Å². The molecule has 2 aliphatic heterocycles. The maximum Gasteiger partial charge on any atom is 0.296 e. The second-order valence-electron chi connectivity index (χ2n) is 8.88. The first-order valence-corrected chi connectivity index (χ1v) is 11.8. The summed E-state index contributed by atoms with van der Waals surface area (Å²) in [4.78, 5) is 27.9. The molecule has 180 valence electrons. The van der Waals surface area contributed by atoms with Crippen molar-refractivity contribution >= 4 is 17.4 Å². The van der Waals surface area contributed by atoms with Gasteiger partial charge in [0, 0.05) is 12.0 Å². The number of Topliss-reactive ketones (excluding diaryl/α,β-unsaturated/α-hetero) is 1. The molecule has 0 bridgehead atoms. The molecule has 35 heavy (non-hydrogen) atoms. The molecule has 0 saturated carbocycles. The van der Waals surface area contributed by atoms with Gasteiger partial charge in [-0.1, -0.05) is 19.1 Å². The molecule has 1 N–H and O–H groups in total. The Kier molecular flexibility index (Phi) is 6.07. The third-order valence-electron chi connectivity index (χ3n) is 6.26. The molecule has 1 aromatic heterocycles. The van der Waals surface area contributed by atoms with Crippen LogP contribution in [0.2, 0.25) is 0 Å². The molecule has 3 aromatic rings. The number of ketones is 1. The lowest BCUT2D eigenvalue weighted by Crippen LogP contribution is -2.29. The van der Waals surface area contributed by atoms with Gasteiger partial charge in [0.15, 0.2) is 0 Å². The van der Waals surface area contributed by atoms with Gasteiger partial charge in [-0.25, -0.2) is 0 Å². The van der Waals surface area contributed by atoms with Crippen molar-refractivity contribution in [1.82, 2.24) is 4.90 Å². The molecule has 1 amide bonds. The van der Waals surface area contributed by atoms with E-state index in [4.69, 9.17) is 13.9 Å². The lowest BCUT2D eigenvalue weighted by atomic mass is 9.94. The Balaban J connectivity index is 1.61. The predicted octanol–water partition coefficient (Wildman–Crippen LogP) is 5.01. The normalized spacial score (nSPS) is 20.7. The molecule has 0 aliphatic carbocycles. The van der Waals surface area contributed by atoms with Gasteiger partial charge in [0.25, 0.3) is 11.7 Å². The summed E-state index contributed by atoms with van der Waals surface area (Å²) in [5.41, 5.74) is 2.14. The zero-order valence-corrected chi connectivity index (χ0v) is 19.7. The van der Waals surface area contributed by atoms with Crippen LogP contribution in [0.3, 0.4) is 0 Å². The molecule has 1 saturated heterocycles. The van der Waals surface area contributed by atoms with Crippen LogP contribution in [0.1, 0.15) is 48.8 Å². The summed E-state index contributed by atoms with van der Waals surface area (Å²) in [7, 11) is 0. The molecule has 5 rings (SSSR count). The fraction of sp³-hybridized carbons (Fsp3) is 0.286. The van der Waals surface area contributed by atoms with Crippen molar-refractivity contribution in [2.24, 2.45) is 0 Å². The van der Waals surface area contributed by atoms with Gasteiger partial charge in [-0.05, 0) is 66.9 Å². The van der Waals surface area contributed by atoms with Crippen LogP contribution in [-0.4, -0.2) is 34.4 Å². The number of ether oxygens (including phenoxy) is 2. The van der Waals surface area contributed by atoms with Crippen LogP contribution < -0.4 is 9.47 Å². The molecule has 1 fully saturated rings. The van der Waals surface area contributed by atoms with Crippen molar-refractivity contribution in [1.29, 1.82) is 0 Å². The number of carbonyl (C=O) groups is 2. The molecule has 0 unspecified atom stereocenters. The highest BCUT2D eigenvalue weighted by Crippen LogP contribution is 2.42.